The molecule has 0 amide bonds. The Kier molecular flexibility index (Phi) is 12.5. The van der Waals surface area contributed by atoms with Crippen molar-refractivity contribution in [1.82, 2.24) is 0 Å². The zero-order chi connectivity index (χ0) is 13.9. The van der Waals surface area contributed by atoms with Crippen LogP contribution in [0.3, 0.4) is 0 Å². The van der Waals surface area contributed by atoms with Gasteiger partial charge in [0.2, 0.25) is 0 Å². The zero-order valence-electron chi connectivity index (χ0n) is 13.6. The molecule has 0 aliphatic carbocycles. The van der Waals surface area contributed by atoms with E-state index in [1.807, 2.05) is 0 Å². The third-order valence-electron chi connectivity index (χ3n) is 4.13. The molecule has 0 bridgehead atoms. The third-order valence-corrected chi connectivity index (χ3v) is 9.85. The van der Waals surface area contributed by atoms with Crippen molar-refractivity contribution in [1.29, 1.82) is 0 Å². The Bertz CT molecular complexity index is 166. The van der Waals surface area contributed by atoms with Gasteiger partial charge in [-0.25, -0.2) is 0 Å². The molecule has 120 valence electrons. The summed E-state index contributed by atoms with van der Waals surface area (Å²) in [6, 6.07) is 0. The van der Waals surface area contributed by atoms with Crippen LogP contribution in [0.5, 0.6) is 0 Å². The minimum absolute atomic E-state index is 0. The Morgan fingerprint density at radius 1 is 0.789 bits per heavy atom. The number of hydrogen-bond acceptors (Lipinski definition) is 2. The second-order valence-corrected chi connectivity index (χ2v) is 11.5. The number of rotatable bonds is 12. The molecule has 19 heavy (non-hydrogen) atoms. The van der Waals surface area contributed by atoms with E-state index in [1.165, 1.54) is 38.5 Å². The van der Waals surface area contributed by atoms with Crippen LogP contribution in [0.1, 0.15) is 59.3 Å². The summed E-state index contributed by atoms with van der Waals surface area (Å²) >= 11 is 0. The summed E-state index contributed by atoms with van der Waals surface area (Å²) in [6.45, 7) is 4.90. The maximum atomic E-state index is 11.5. The van der Waals surface area contributed by atoms with Gasteiger partial charge < -0.3 is 5.48 Å². The Morgan fingerprint density at radius 3 is 1.42 bits per heavy atom. The van der Waals surface area contributed by atoms with Gasteiger partial charge in [0.05, 0.1) is 0 Å². The number of hydrogen-bond donors (Lipinski definition) is 1. The quantitative estimate of drug-likeness (QED) is 0.559. The Hall–Kier alpha value is 0.310. The molecule has 0 spiro atoms. The fourth-order valence-corrected chi connectivity index (χ4v) is 8.07. The molecule has 0 saturated carbocycles. The predicted octanol–water partition coefficient (Wildman–Crippen LogP) is 3.67. The largest absolute Gasteiger partial charge is 0.412 e. The van der Waals surface area contributed by atoms with E-state index in [4.69, 9.17) is 4.74 Å². The minimum atomic E-state index is -2.49. The van der Waals surface area contributed by atoms with E-state index in [-0.39, 0.29) is 5.48 Å². The van der Waals surface area contributed by atoms with E-state index >= 15 is 0 Å². The van der Waals surface area contributed by atoms with Crippen molar-refractivity contribution in [2.75, 3.05) is 38.4 Å². The summed E-state index contributed by atoms with van der Waals surface area (Å²) < 4.78 is 5.28. The molecule has 0 rings (SSSR count). The van der Waals surface area contributed by atoms with Crippen LogP contribution in [-0.2, 0) is 4.74 Å². The first-order valence-electron chi connectivity index (χ1n) is 7.78. The smallest absolute Gasteiger partial charge is 0.412 e. The van der Waals surface area contributed by atoms with E-state index in [0.29, 0.717) is 0 Å². The summed E-state index contributed by atoms with van der Waals surface area (Å²) in [6.07, 6.45) is 11.2. The van der Waals surface area contributed by atoms with Gasteiger partial charge in [-0.15, -0.1) is 0 Å². The van der Waals surface area contributed by atoms with Crippen molar-refractivity contribution >= 4 is 6.83 Å². The van der Waals surface area contributed by atoms with Gasteiger partial charge in [0.15, 0.2) is 0 Å². The van der Waals surface area contributed by atoms with Crippen LogP contribution < -0.4 is 0 Å². The summed E-state index contributed by atoms with van der Waals surface area (Å²) in [5, 5.41) is 0. The molecule has 0 radical (unpaired) electrons. The van der Waals surface area contributed by atoms with E-state index in [2.05, 4.69) is 20.8 Å². The van der Waals surface area contributed by atoms with Gasteiger partial charge >= 0.3 is 114 Å². The molecule has 0 heterocycles. The summed E-state index contributed by atoms with van der Waals surface area (Å²) in [7, 11) is 1.75. The zero-order valence-corrected chi connectivity index (χ0v) is 14.5. The molecule has 0 fully saturated rings. The molecular weight excluding hydrogens is 259 g/mol. The minimum Gasteiger partial charge on any atom is -0.412 e. The topological polar surface area (TPSA) is 61.0 Å². The number of unbranched alkanes of at least 4 members (excludes halogenated alkanes) is 3. The van der Waals surface area contributed by atoms with Crippen molar-refractivity contribution in [3.8, 4) is 0 Å². The standard InChI is InChI=1S/C15H35O2P.H2O/c1-5-8-12-18(16,13-9-6-2,14-10-7-3)15-11-17-4;/h16H,5-15H2,1-4H3;1H2. The molecule has 3 nitrogen and oxygen atoms in total. The molecule has 0 aromatic rings. The third kappa shape index (κ3) is 8.24. The first-order valence-corrected chi connectivity index (χ1v) is 10.7. The van der Waals surface area contributed by atoms with Gasteiger partial charge in [-0.3, -0.25) is 0 Å². The van der Waals surface area contributed by atoms with Crippen molar-refractivity contribution in [3.63, 3.8) is 0 Å². The first kappa shape index (κ1) is 21.6. The Labute approximate surface area is 120 Å². The maximum absolute atomic E-state index is 11.5. The van der Waals surface area contributed by atoms with E-state index in [9.17, 15) is 4.89 Å². The molecule has 0 aromatic heterocycles. The second kappa shape index (κ2) is 11.0. The average Bonchev–Trinajstić information content (AvgIpc) is 2.40. The fraction of sp³-hybridized carbons (Fsp3) is 1.00. The van der Waals surface area contributed by atoms with Gasteiger partial charge in [0.25, 0.3) is 0 Å². The van der Waals surface area contributed by atoms with Crippen molar-refractivity contribution in [3.05, 3.63) is 0 Å². The predicted molar refractivity (Wildman–Crippen MR) is 88.8 cm³/mol. The average molecular weight is 296 g/mol. The first-order chi connectivity index (χ1) is 8.54. The molecule has 4 heteroatoms. The molecule has 0 saturated heterocycles. The maximum Gasteiger partial charge on any atom is -0.412 e. The molecule has 0 atom stereocenters. The molecule has 0 unspecified atom stereocenters. The van der Waals surface area contributed by atoms with Gasteiger partial charge in [-0.1, -0.05) is 0 Å². The van der Waals surface area contributed by atoms with Crippen molar-refractivity contribution in [2.24, 2.45) is 0 Å². The SMILES string of the molecule is CCCCP(O)(CCCC)(CCCC)CCOC.O. The van der Waals surface area contributed by atoms with Crippen LogP contribution >= 0.6 is 6.83 Å². The molecule has 0 aliphatic rings. The summed E-state index contributed by atoms with van der Waals surface area (Å²) in [4.78, 5) is 11.5. The van der Waals surface area contributed by atoms with Crippen LogP contribution in [0.15, 0.2) is 0 Å². The van der Waals surface area contributed by atoms with E-state index in [1.54, 1.807) is 7.11 Å². The molecule has 0 aromatic carbocycles. The van der Waals surface area contributed by atoms with E-state index in [0.717, 1.165) is 31.3 Å². The normalized spacial score (nSPS) is 13.6. The van der Waals surface area contributed by atoms with Crippen LogP contribution in [-0.4, -0.2) is 48.7 Å². The number of methoxy groups -OCH3 is 1. The summed E-state index contributed by atoms with van der Waals surface area (Å²) in [5.74, 6) is 0. The Balaban J connectivity index is 0. The van der Waals surface area contributed by atoms with Crippen molar-refractivity contribution in [2.45, 2.75) is 59.3 Å². The van der Waals surface area contributed by atoms with E-state index < -0.39 is 6.83 Å². The van der Waals surface area contributed by atoms with Gasteiger partial charge in [0, 0.05) is 0 Å². The van der Waals surface area contributed by atoms with Crippen molar-refractivity contribution < 1.29 is 15.1 Å². The Morgan fingerprint density at radius 2 is 1.16 bits per heavy atom. The fourth-order valence-electron chi connectivity index (χ4n) is 2.69. The second-order valence-electron chi connectivity index (χ2n) is 5.86. The monoisotopic (exact) mass is 296 g/mol. The van der Waals surface area contributed by atoms with Gasteiger partial charge in [-0.2, -0.15) is 0 Å². The van der Waals surface area contributed by atoms with Gasteiger partial charge in [-0.05, 0) is 0 Å². The molecule has 3 N–H and O–H groups in total. The molecule has 0 aliphatic heterocycles. The van der Waals surface area contributed by atoms with Crippen LogP contribution in [0, 0.1) is 0 Å². The summed E-state index contributed by atoms with van der Waals surface area (Å²) in [5.41, 5.74) is 0. The van der Waals surface area contributed by atoms with Crippen LogP contribution in [0.25, 0.3) is 0 Å². The number of ether oxygens (including phenoxy) is 1. The molecular formula is C15H37O3P. The van der Waals surface area contributed by atoms with Crippen LogP contribution in [0.2, 0.25) is 0 Å². The van der Waals surface area contributed by atoms with Gasteiger partial charge in [0.1, 0.15) is 0 Å². The van der Waals surface area contributed by atoms with Crippen LogP contribution in [0.4, 0.5) is 0 Å².